The van der Waals surface area contributed by atoms with Crippen LogP contribution in [0.15, 0.2) is 47.1 Å². The molecule has 362 valence electrons. The van der Waals surface area contributed by atoms with Crippen molar-refractivity contribution in [1.82, 2.24) is 25.1 Å². The van der Waals surface area contributed by atoms with E-state index < -0.39 is 36.5 Å². The molecule has 9 rings (SSSR count). The number of methoxy groups -OCH3 is 1. The van der Waals surface area contributed by atoms with E-state index in [1.165, 1.54) is 12.1 Å². The van der Waals surface area contributed by atoms with E-state index >= 15 is 8.78 Å². The Morgan fingerprint density at radius 2 is 1.65 bits per heavy atom. The van der Waals surface area contributed by atoms with Crippen LogP contribution >= 0.6 is 23.1 Å². The molecule has 4 saturated heterocycles. The van der Waals surface area contributed by atoms with Gasteiger partial charge in [0.1, 0.15) is 43.6 Å². The summed E-state index contributed by atoms with van der Waals surface area (Å²) in [5.41, 5.74) is 3.63. The first kappa shape index (κ1) is 47.5. The van der Waals surface area contributed by atoms with Crippen LogP contribution in [0.25, 0.3) is 0 Å². The molecular formula is C48H57BrF2N9O7P. The zero-order chi connectivity index (χ0) is 47.9. The van der Waals surface area contributed by atoms with Crippen molar-refractivity contribution in [3.63, 3.8) is 0 Å². The Labute approximate surface area is 403 Å². The number of halogens is 3. The number of piperidine rings is 2. The van der Waals surface area contributed by atoms with Crippen LogP contribution in [0.4, 0.5) is 43.3 Å². The summed E-state index contributed by atoms with van der Waals surface area (Å²) in [7, 11) is -1.17. The number of hydrogen-bond donors (Lipinski definition) is 3. The van der Waals surface area contributed by atoms with Gasteiger partial charge in [0.25, 0.3) is 0 Å². The second kappa shape index (κ2) is 19.8. The van der Waals surface area contributed by atoms with Gasteiger partial charge in [-0.15, -0.1) is 0 Å². The van der Waals surface area contributed by atoms with Gasteiger partial charge in [0.15, 0.2) is 11.5 Å². The van der Waals surface area contributed by atoms with Crippen molar-refractivity contribution in [2.45, 2.75) is 57.4 Å². The highest BCUT2D eigenvalue weighted by Crippen LogP contribution is 2.47. The fourth-order valence-electron chi connectivity index (χ4n) is 10.2. The van der Waals surface area contributed by atoms with Crippen molar-refractivity contribution in [1.29, 1.82) is 0 Å². The van der Waals surface area contributed by atoms with Crippen LogP contribution in [0, 0.1) is 17.6 Å². The van der Waals surface area contributed by atoms with Gasteiger partial charge in [-0.05, 0) is 97.3 Å². The smallest absolute Gasteiger partial charge is 0.234 e. The molecule has 2 atom stereocenters. The van der Waals surface area contributed by atoms with Crippen molar-refractivity contribution in [2.24, 2.45) is 5.92 Å². The lowest BCUT2D eigenvalue weighted by Crippen LogP contribution is -2.55. The van der Waals surface area contributed by atoms with Gasteiger partial charge in [0.05, 0.1) is 40.1 Å². The van der Waals surface area contributed by atoms with Crippen molar-refractivity contribution in [3.8, 4) is 17.2 Å². The predicted octanol–water partition coefficient (Wildman–Crippen LogP) is 6.75. The van der Waals surface area contributed by atoms with E-state index in [1.54, 1.807) is 32.7 Å². The highest BCUT2D eigenvalue weighted by molar-refractivity contribution is 9.10. The van der Waals surface area contributed by atoms with Crippen LogP contribution in [-0.4, -0.2) is 130 Å². The maximum absolute atomic E-state index is 15.3. The van der Waals surface area contributed by atoms with Crippen LogP contribution in [0.5, 0.6) is 17.2 Å². The number of carbonyl (C=O) groups excluding carboxylic acids is 3. The zero-order valence-corrected chi connectivity index (χ0v) is 41.2. The van der Waals surface area contributed by atoms with Crippen molar-refractivity contribution >= 4 is 80.6 Å². The van der Waals surface area contributed by atoms with Crippen molar-refractivity contribution in [2.75, 3.05) is 106 Å². The number of benzene rings is 3. The van der Waals surface area contributed by atoms with Gasteiger partial charge >= 0.3 is 0 Å². The lowest BCUT2D eigenvalue weighted by molar-refractivity contribution is -0.137. The van der Waals surface area contributed by atoms with Crippen molar-refractivity contribution in [3.05, 3.63) is 69.8 Å². The number of amides is 3. The third-order valence-electron chi connectivity index (χ3n) is 13.7. The zero-order valence-electron chi connectivity index (χ0n) is 38.7. The number of nitrogens with one attached hydrogen (secondary N) is 3. The quantitative estimate of drug-likeness (QED) is 0.101. The van der Waals surface area contributed by atoms with Gasteiger partial charge < -0.3 is 44.1 Å². The molecule has 0 aliphatic carbocycles. The van der Waals surface area contributed by atoms with E-state index in [9.17, 15) is 18.9 Å². The van der Waals surface area contributed by atoms with Crippen LogP contribution in [0.2, 0.25) is 0 Å². The van der Waals surface area contributed by atoms with E-state index in [2.05, 4.69) is 65.7 Å². The lowest BCUT2D eigenvalue weighted by Gasteiger charge is -2.44. The van der Waals surface area contributed by atoms with Gasteiger partial charge in [-0.3, -0.25) is 24.6 Å². The first-order valence-electron chi connectivity index (χ1n) is 23.3. The third kappa shape index (κ3) is 9.84. The van der Waals surface area contributed by atoms with Gasteiger partial charge in [-0.2, -0.15) is 4.98 Å². The molecule has 4 aromatic rings. The molecule has 3 amide bonds. The number of aryl methyl sites for hydroxylation is 1. The van der Waals surface area contributed by atoms with Gasteiger partial charge in [0, 0.05) is 94.0 Å². The van der Waals surface area contributed by atoms with E-state index in [0.717, 1.165) is 62.4 Å². The highest BCUT2D eigenvalue weighted by atomic mass is 79.9. The molecule has 20 heteroatoms. The molecule has 1 aromatic heterocycles. The summed E-state index contributed by atoms with van der Waals surface area (Å²) in [6.07, 6.45) is 5.07. The number of nitrogens with zero attached hydrogens (tertiary/aromatic N) is 6. The van der Waals surface area contributed by atoms with Crippen LogP contribution in [0.1, 0.15) is 56.1 Å². The number of hydrogen-bond acceptors (Lipinski definition) is 14. The van der Waals surface area contributed by atoms with Crippen molar-refractivity contribution < 1.29 is 41.9 Å². The number of ether oxygens (including phenoxy) is 3. The molecule has 5 aliphatic heterocycles. The molecular weight excluding hydrogens is 963 g/mol. The van der Waals surface area contributed by atoms with Gasteiger partial charge in [-0.25, -0.2) is 13.8 Å². The van der Waals surface area contributed by atoms with Gasteiger partial charge in [-0.1, -0.05) is 6.92 Å². The summed E-state index contributed by atoms with van der Waals surface area (Å²) in [6.45, 7) is 11.8. The standard InChI is InChI=1S/C48H57BrF2N9O7P/c1-5-28-22-37(54-48-52-26-33(49)45(56-48)53-36-7-8-39-43(67-21-20-66-39)44(36)68(3,4)64)40(65-2)25-38(28)58-14-11-30(12-15-58)57-16-18-59(19-17-57)47(63)29-10-13-60(27-29)31-23-34(50)42(35(51)24-31)32-6-9-41(61)55-46(32)62/h7-8,22-26,29-30,32H,5-6,9-21,27H2,1-4H3,(H,55,61,62)(H2,52,53,54,56)/t29-,32-/m1/s1. The Morgan fingerprint density at radius 1 is 0.926 bits per heavy atom. The predicted molar refractivity (Wildman–Crippen MR) is 260 cm³/mol. The minimum atomic E-state index is -2.81. The molecule has 0 radical (unpaired) electrons. The highest BCUT2D eigenvalue weighted by Gasteiger charge is 2.37. The van der Waals surface area contributed by atoms with E-state index in [4.69, 9.17) is 19.2 Å². The van der Waals surface area contributed by atoms with E-state index in [-0.39, 0.29) is 30.2 Å². The first-order chi connectivity index (χ1) is 32.7. The molecule has 0 unspecified atom stereocenters. The third-order valence-corrected chi connectivity index (χ3v) is 15.8. The summed E-state index contributed by atoms with van der Waals surface area (Å²) in [5, 5.41) is 9.46. The molecule has 16 nitrogen and oxygen atoms in total. The number of aromatic nitrogens is 2. The minimum absolute atomic E-state index is 0.0253. The summed E-state index contributed by atoms with van der Waals surface area (Å²) in [5.74, 6) is -1.53. The fraction of sp³-hybridized carbons (Fsp3) is 0.479. The molecule has 0 saturated carbocycles. The summed E-state index contributed by atoms with van der Waals surface area (Å²) in [6, 6.07) is 10.7. The van der Waals surface area contributed by atoms with Crippen LogP contribution in [-0.2, 0) is 25.4 Å². The maximum atomic E-state index is 15.3. The summed E-state index contributed by atoms with van der Waals surface area (Å²) in [4.78, 5) is 55.7. The lowest BCUT2D eigenvalue weighted by atomic mass is 9.89. The number of carbonyl (C=O) groups is 3. The fourth-order valence-corrected chi connectivity index (χ4v) is 11.9. The number of rotatable bonds is 12. The SMILES string of the molecule is CCc1cc(Nc2ncc(Br)c(Nc3ccc4c(c3P(C)(C)=O)OCCO4)n2)c(OC)cc1N1CCC(N2CCN(C(=O)[C@@H]3CCN(c4cc(F)c([C@H]5CCC(=O)NC5=O)c(F)c4)C3)CC2)CC1. The maximum Gasteiger partial charge on any atom is 0.234 e. The Morgan fingerprint density at radius 3 is 2.34 bits per heavy atom. The number of fused-ring (bicyclic) bond motifs is 1. The van der Waals surface area contributed by atoms with Gasteiger partial charge in [0.2, 0.25) is 23.7 Å². The number of anilines is 6. The molecule has 4 fully saturated rings. The molecule has 3 aromatic carbocycles. The average Bonchev–Trinajstić information content (AvgIpc) is 3.83. The number of imide groups is 1. The molecule has 3 N–H and O–H groups in total. The monoisotopic (exact) mass is 1020 g/mol. The topological polar surface area (TPSA) is 171 Å². The summed E-state index contributed by atoms with van der Waals surface area (Å²) >= 11 is 3.58. The Bertz CT molecular complexity index is 2630. The van der Waals surface area contributed by atoms with E-state index in [0.29, 0.717) is 102 Å². The second-order valence-corrected chi connectivity index (χ2v) is 22.4. The Hall–Kier alpha value is -5.52. The summed E-state index contributed by atoms with van der Waals surface area (Å²) < 4.78 is 62.4. The molecule has 6 heterocycles. The molecule has 0 bridgehead atoms. The largest absolute Gasteiger partial charge is 0.494 e. The van der Waals surface area contributed by atoms with Crippen LogP contribution < -0.4 is 45.3 Å². The first-order valence-corrected chi connectivity index (χ1v) is 26.7. The molecule has 5 aliphatic rings. The second-order valence-electron chi connectivity index (χ2n) is 18.3. The molecule has 68 heavy (non-hydrogen) atoms. The Balaban J connectivity index is 0.790. The normalized spacial score (nSPS) is 20.4. The average molecular weight is 1020 g/mol. The van der Waals surface area contributed by atoms with Crippen LogP contribution in [0.3, 0.4) is 0 Å². The minimum Gasteiger partial charge on any atom is -0.494 e. The Kier molecular flexibility index (Phi) is 13.9. The molecule has 0 spiro atoms. The van der Waals surface area contributed by atoms with E-state index in [1.807, 2.05) is 15.9 Å². The number of piperazine rings is 1.